The summed E-state index contributed by atoms with van der Waals surface area (Å²) in [5, 5.41) is 9.57. The molecule has 2 atom stereocenters. The van der Waals surface area contributed by atoms with E-state index in [1.807, 2.05) is 19.1 Å². The Balaban J connectivity index is 4.99. The van der Waals surface area contributed by atoms with E-state index in [1.54, 1.807) is 13.0 Å². The molecule has 0 aliphatic heterocycles. The van der Waals surface area contributed by atoms with E-state index in [0.29, 0.717) is 13.0 Å². The lowest BCUT2D eigenvalue weighted by atomic mass is 9.99. The molecular formula is C21H38O4Si. The SMILES string of the molecule is CCOC(=O)C=CC=CC(C)=C[C@H](C)[C@H](CCO)O[Si](C)(C)C(C)(C)C. The quantitative estimate of drug-likeness (QED) is 0.249. The van der Waals surface area contributed by atoms with E-state index < -0.39 is 8.32 Å². The number of aliphatic hydroxyl groups is 1. The van der Waals surface area contributed by atoms with E-state index in [-0.39, 0.29) is 29.6 Å². The summed E-state index contributed by atoms with van der Waals surface area (Å²) in [6.45, 7) is 17.6. The van der Waals surface area contributed by atoms with Gasteiger partial charge < -0.3 is 14.3 Å². The topological polar surface area (TPSA) is 55.8 Å². The average molecular weight is 383 g/mol. The number of hydrogen-bond acceptors (Lipinski definition) is 4. The Bertz CT molecular complexity index is 513. The Labute approximate surface area is 161 Å². The lowest BCUT2D eigenvalue weighted by molar-refractivity contribution is -0.137. The highest BCUT2D eigenvalue weighted by atomic mass is 28.4. The van der Waals surface area contributed by atoms with Crippen molar-refractivity contribution in [2.45, 2.75) is 72.2 Å². The predicted octanol–water partition coefficient (Wildman–Crippen LogP) is 5.02. The molecule has 0 aromatic rings. The molecule has 0 saturated carbocycles. The van der Waals surface area contributed by atoms with E-state index in [4.69, 9.17) is 9.16 Å². The van der Waals surface area contributed by atoms with Crippen LogP contribution in [0.3, 0.4) is 0 Å². The first kappa shape index (κ1) is 24.8. The zero-order valence-electron chi connectivity index (χ0n) is 17.8. The van der Waals surface area contributed by atoms with Gasteiger partial charge in [-0.15, -0.1) is 0 Å². The van der Waals surface area contributed by atoms with Crippen LogP contribution in [-0.2, 0) is 14.0 Å². The Morgan fingerprint density at radius 1 is 1.19 bits per heavy atom. The maximum Gasteiger partial charge on any atom is 0.330 e. The van der Waals surface area contributed by atoms with Gasteiger partial charge in [-0.05, 0) is 44.3 Å². The van der Waals surface area contributed by atoms with Gasteiger partial charge in [0.1, 0.15) is 0 Å². The summed E-state index contributed by atoms with van der Waals surface area (Å²) in [5.41, 5.74) is 1.09. The van der Waals surface area contributed by atoms with Crippen molar-refractivity contribution in [2.24, 2.45) is 5.92 Å². The maximum absolute atomic E-state index is 11.2. The molecule has 0 unspecified atom stereocenters. The van der Waals surface area contributed by atoms with Crippen molar-refractivity contribution < 1.29 is 19.1 Å². The van der Waals surface area contributed by atoms with Gasteiger partial charge in [-0.25, -0.2) is 4.79 Å². The third-order valence-corrected chi connectivity index (χ3v) is 9.27. The fourth-order valence-electron chi connectivity index (χ4n) is 2.22. The van der Waals surface area contributed by atoms with Gasteiger partial charge in [0.15, 0.2) is 8.32 Å². The third kappa shape index (κ3) is 9.50. The van der Waals surface area contributed by atoms with Gasteiger partial charge in [-0.3, -0.25) is 0 Å². The molecule has 4 nitrogen and oxygen atoms in total. The summed E-state index contributed by atoms with van der Waals surface area (Å²) < 4.78 is 11.4. The largest absolute Gasteiger partial charge is 0.463 e. The monoisotopic (exact) mass is 382 g/mol. The lowest BCUT2D eigenvalue weighted by Gasteiger charge is -2.40. The van der Waals surface area contributed by atoms with Crippen LogP contribution in [0, 0.1) is 5.92 Å². The van der Waals surface area contributed by atoms with Gasteiger partial charge in [-0.2, -0.15) is 0 Å². The molecule has 0 fully saturated rings. The Hall–Kier alpha value is -1.17. The highest BCUT2D eigenvalue weighted by Crippen LogP contribution is 2.38. The second kappa shape index (κ2) is 11.5. The highest BCUT2D eigenvalue weighted by molar-refractivity contribution is 6.74. The van der Waals surface area contributed by atoms with E-state index in [0.717, 1.165) is 5.57 Å². The second-order valence-corrected chi connectivity index (χ2v) is 12.9. The molecule has 0 saturated heterocycles. The van der Waals surface area contributed by atoms with E-state index >= 15 is 0 Å². The molecule has 26 heavy (non-hydrogen) atoms. The molecule has 0 aliphatic carbocycles. The van der Waals surface area contributed by atoms with Crippen LogP contribution in [0.2, 0.25) is 18.1 Å². The van der Waals surface area contributed by atoms with Crippen LogP contribution in [0.15, 0.2) is 36.0 Å². The van der Waals surface area contributed by atoms with E-state index in [9.17, 15) is 9.90 Å². The number of carbonyl (C=O) groups is 1. The summed E-state index contributed by atoms with van der Waals surface area (Å²) in [6.07, 6.45) is 9.65. The van der Waals surface area contributed by atoms with Crippen LogP contribution in [0.4, 0.5) is 0 Å². The first-order chi connectivity index (χ1) is 11.9. The van der Waals surface area contributed by atoms with E-state index in [1.165, 1.54) is 6.08 Å². The van der Waals surface area contributed by atoms with Crippen LogP contribution in [0.5, 0.6) is 0 Å². The van der Waals surface area contributed by atoms with Crippen molar-refractivity contribution in [2.75, 3.05) is 13.2 Å². The number of carbonyl (C=O) groups excluding carboxylic acids is 1. The molecule has 0 rings (SSSR count). The van der Waals surface area contributed by atoms with Crippen LogP contribution in [-0.4, -0.2) is 38.7 Å². The maximum atomic E-state index is 11.2. The number of hydrogen-bond donors (Lipinski definition) is 1. The molecule has 0 radical (unpaired) electrons. The van der Waals surface area contributed by atoms with Crippen molar-refractivity contribution in [3.63, 3.8) is 0 Å². The van der Waals surface area contributed by atoms with Gasteiger partial charge in [0.05, 0.1) is 12.7 Å². The van der Waals surface area contributed by atoms with Crippen molar-refractivity contribution >= 4 is 14.3 Å². The number of rotatable bonds is 10. The molecule has 0 amide bonds. The normalized spacial score (nSPS) is 16.3. The number of aliphatic hydroxyl groups excluding tert-OH is 1. The van der Waals surface area contributed by atoms with Gasteiger partial charge in [0.25, 0.3) is 0 Å². The van der Waals surface area contributed by atoms with Crippen molar-refractivity contribution in [1.82, 2.24) is 0 Å². The molecule has 1 N–H and O–H groups in total. The molecule has 150 valence electrons. The molecule has 0 aromatic heterocycles. The molecular weight excluding hydrogens is 344 g/mol. The minimum absolute atomic E-state index is 0.000634. The average Bonchev–Trinajstić information content (AvgIpc) is 2.50. The van der Waals surface area contributed by atoms with Crippen LogP contribution in [0.25, 0.3) is 0 Å². The highest BCUT2D eigenvalue weighted by Gasteiger charge is 2.39. The third-order valence-electron chi connectivity index (χ3n) is 4.77. The fraction of sp³-hybridized carbons (Fsp3) is 0.667. The van der Waals surface area contributed by atoms with Crippen molar-refractivity contribution in [3.05, 3.63) is 36.0 Å². The summed E-state index contributed by atoms with van der Waals surface area (Å²) in [5.74, 6) is -0.145. The fourth-order valence-corrected chi connectivity index (χ4v) is 3.66. The molecule has 5 heteroatoms. The molecule has 0 aromatic carbocycles. The summed E-state index contributed by atoms with van der Waals surface area (Å²) in [6, 6.07) is 0. The molecule has 0 heterocycles. The van der Waals surface area contributed by atoms with Gasteiger partial charge in [-0.1, -0.05) is 57.6 Å². The van der Waals surface area contributed by atoms with Gasteiger partial charge >= 0.3 is 5.97 Å². The second-order valence-electron chi connectivity index (χ2n) is 8.17. The standard InChI is InChI=1S/C21H38O4Si/c1-9-24-20(23)13-11-10-12-17(2)16-18(3)19(14-15-22)25-26(7,8)21(4,5)6/h10-13,16,18-19,22H,9,14-15H2,1-8H3/t18-,19-/m0/s1. The molecule has 0 spiro atoms. The zero-order valence-corrected chi connectivity index (χ0v) is 18.8. The Morgan fingerprint density at radius 2 is 1.77 bits per heavy atom. The minimum atomic E-state index is -1.89. The summed E-state index contributed by atoms with van der Waals surface area (Å²) in [7, 11) is -1.89. The van der Waals surface area contributed by atoms with Crippen molar-refractivity contribution in [3.8, 4) is 0 Å². The summed E-state index contributed by atoms with van der Waals surface area (Å²) >= 11 is 0. The molecule has 0 bridgehead atoms. The van der Waals surface area contributed by atoms with Crippen LogP contribution >= 0.6 is 0 Å². The van der Waals surface area contributed by atoms with Gasteiger partial charge in [0.2, 0.25) is 0 Å². The molecule has 0 aliphatic rings. The van der Waals surface area contributed by atoms with Gasteiger partial charge in [0, 0.05) is 12.7 Å². The first-order valence-electron chi connectivity index (χ1n) is 9.43. The number of esters is 1. The smallest absolute Gasteiger partial charge is 0.330 e. The Kier molecular flexibility index (Phi) is 11.0. The zero-order chi connectivity index (χ0) is 20.4. The van der Waals surface area contributed by atoms with E-state index in [2.05, 4.69) is 46.9 Å². The predicted molar refractivity (Wildman–Crippen MR) is 112 cm³/mol. The van der Waals surface area contributed by atoms with Crippen molar-refractivity contribution in [1.29, 1.82) is 0 Å². The number of allylic oxidation sites excluding steroid dienone is 4. The van der Waals surface area contributed by atoms with Crippen LogP contribution < -0.4 is 0 Å². The number of ether oxygens (including phenoxy) is 1. The Morgan fingerprint density at radius 3 is 2.27 bits per heavy atom. The first-order valence-corrected chi connectivity index (χ1v) is 12.3. The lowest BCUT2D eigenvalue weighted by Crippen LogP contribution is -2.45. The minimum Gasteiger partial charge on any atom is -0.463 e. The summed E-state index contributed by atoms with van der Waals surface area (Å²) in [4.78, 5) is 11.2. The van der Waals surface area contributed by atoms with Crippen LogP contribution in [0.1, 0.15) is 48.0 Å².